The van der Waals surface area contributed by atoms with Crippen molar-refractivity contribution >= 4 is 28.0 Å². The molecule has 3 heterocycles. The summed E-state index contributed by atoms with van der Waals surface area (Å²) >= 11 is 0. The van der Waals surface area contributed by atoms with Crippen LogP contribution in [0.5, 0.6) is 0 Å². The maximum Gasteiger partial charge on any atom is 0.166 e. The number of fused-ring (bicyclic) bond motifs is 1. The number of H-pyrrole nitrogens is 1. The van der Waals surface area contributed by atoms with Gasteiger partial charge in [0.15, 0.2) is 6.29 Å². The van der Waals surface area contributed by atoms with E-state index >= 15 is 0 Å². The third-order valence-electron chi connectivity index (χ3n) is 5.02. The van der Waals surface area contributed by atoms with Crippen LogP contribution < -0.4 is 10.6 Å². The van der Waals surface area contributed by atoms with Gasteiger partial charge in [-0.05, 0) is 70.2 Å². The van der Waals surface area contributed by atoms with E-state index in [1.54, 1.807) is 12.5 Å². The third-order valence-corrected chi connectivity index (χ3v) is 5.94. The van der Waals surface area contributed by atoms with Gasteiger partial charge in [-0.25, -0.2) is 0 Å². The molecule has 0 aliphatic carbocycles. The smallest absolute Gasteiger partial charge is 0.166 e. The molecule has 3 N–H and O–H groups in total. The summed E-state index contributed by atoms with van der Waals surface area (Å²) in [6.07, 6.45) is 6.83. The van der Waals surface area contributed by atoms with Crippen molar-refractivity contribution in [3.63, 3.8) is 0 Å². The summed E-state index contributed by atoms with van der Waals surface area (Å²) in [5, 5.41) is 14.3. The summed E-state index contributed by atoms with van der Waals surface area (Å²) < 4.78 is 12.9. The second-order valence-electron chi connectivity index (χ2n) is 6.96. The molecule has 1 aliphatic heterocycles. The van der Waals surface area contributed by atoms with Crippen molar-refractivity contribution in [3.05, 3.63) is 47.9 Å². The molecule has 29 heavy (non-hydrogen) atoms. The maximum absolute atomic E-state index is 11.1. The number of aryl methyl sites for hydroxylation is 1. The van der Waals surface area contributed by atoms with Gasteiger partial charge in [-0.3, -0.25) is 14.1 Å². The van der Waals surface area contributed by atoms with Crippen molar-refractivity contribution in [3.8, 4) is 0 Å². The molecular weight excluding hydrogens is 386 g/mol. The molecule has 158 valence electrons. The highest BCUT2D eigenvalue weighted by atomic mass is 32.2. The molecule has 0 spiro atoms. The fourth-order valence-corrected chi connectivity index (χ4v) is 3.51. The predicted octanol–water partition coefficient (Wildman–Crippen LogP) is 2.40. The summed E-state index contributed by atoms with van der Waals surface area (Å²) in [7, 11) is 3.00. The monoisotopic (exact) mass is 417 g/mol. The number of aromatic nitrogens is 3. The number of carbonyl (C=O) groups is 1. The van der Waals surface area contributed by atoms with Crippen molar-refractivity contribution in [2.45, 2.75) is 30.7 Å². The van der Waals surface area contributed by atoms with E-state index in [2.05, 4.69) is 20.8 Å². The Labute approximate surface area is 174 Å². The van der Waals surface area contributed by atoms with E-state index in [9.17, 15) is 9.00 Å². The lowest BCUT2D eigenvalue weighted by Gasteiger charge is -2.21. The summed E-state index contributed by atoms with van der Waals surface area (Å²) in [6, 6.07) is 10.1. The van der Waals surface area contributed by atoms with Crippen LogP contribution >= 0.6 is 0 Å². The lowest BCUT2D eigenvalue weighted by Crippen LogP contribution is -2.37. The molecule has 4 rings (SSSR count). The number of aromatic amines is 1. The Morgan fingerprint density at radius 1 is 1.24 bits per heavy atom. The van der Waals surface area contributed by atoms with Gasteiger partial charge in [0.1, 0.15) is 0 Å². The lowest BCUT2D eigenvalue weighted by molar-refractivity contribution is 0.111. The molecule has 1 aliphatic rings. The number of carbonyl (C=O) groups excluding carboxylic acids is 1. The first kappa shape index (κ1) is 23.0. The highest BCUT2D eigenvalue weighted by Crippen LogP contribution is 2.14. The Balaban J connectivity index is 0.000000160. The molecule has 0 saturated carbocycles. The normalized spacial score (nSPS) is 15.0. The Kier molecular flexibility index (Phi) is 9.24. The second kappa shape index (κ2) is 11.6. The van der Waals surface area contributed by atoms with E-state index in [0.717, 1.165) is 39.5 Å². The summed E-state index contributed by atoms with van der Waals surface area (Å²) in [5.74, 6) is 0. The van der Waals surface area contributed by atoms with E-state index in [1.807, 2.05) is 55.9 Å². The Hall–Kier alpha value is -2.29. The van der Waals surface area contributed by atoms with Gasteiger partial charge in [-0.2, -0.15) is 5.10 Å². The van der Waals surface area contributed by atoms with Gasteiger partial charge in [0, 0.05) is 46.1 Å². The van der Waals surface area contributed by atoms with Gasteiger partial charge in [-0.1, -0.05) is 0 Å². The van der Waals surface area contributed by atoms with Crippen LogP contribution in [0.3, 0.4) is 0 Å². The number of aldehydes is 1. The molecular formula is C21H31N5O2S. The predicted molar refractivity (Wildman–Crippen MR) is 119 cm³/mol. The van der Waals surface area contributed by atoms with Crippen molar-refractivity contribution in [1.29, 1.82) is 0 Å². The first-order valence-electron chi connectivity index (χ1n) is 9.68. The number of piperidine rings is 1. The largest absolute Gasteiger partial charge is 0.346 e. The molecule has 1 unspecified atom stereocenters. The maximum atomic E-state index is 11.1. The molecule has 0 radical (unpaired) electrons. The summed E-state index contributed by atoms with van der Waals surface area (Å²) in [4.78, 5) is 11.1. The van der Waals surface area contributed by atoms with Crippen molar-refractivity contribution in [2.24, 2.45) is 7.05 Å². The molecule has 1 aromatic carbocycles. The molecule has 3 aromatic rings. The molecule has 0 amide bonds. The van der Waals surface area contributed by atoms with Gasteiger partial charge in [0.2, 0.25) is 0 Å². The van der Waals surface area contributed by atoms with Crippen LogP contribution in [0.25, 0.3) is 10.9 Å². The second-order valence-corrected chi connectivity index (χ2v) is 8.34. The lowest BCUT2D eigenvalue weighted by atomic mass is 10.1. The van der Waals surface area contributed by atoms with Gasteiger partial charge in [0.25, 0.3) is 0 Å². The van der Waals surface area contributed by atoms with Crippen LogP contribution in [-0.2, 0) is 17.8 Å². The van der Waals surface area contributed by atoms with Crippen LogP contribution in [0.4, 0.5) is 0 Å². The van der Waals surface area contributed by atoms with E-state index in [4.69, 9.17) is 0 Å². The standard InChI is InChI=1S/C8H8N2OS.C7H9NO.C6H14N2/c1-12(11)7-2-3-8-6(4-7)5-9-10-8;1-6-3-4-7(5-9)8(6)2;1-7-6-2-4-8-5-3-6/h2-5H,1H3,(H,9,10);3-5H,1-2H3;6-8H,2-5H2,1H3. The van der Waals surface area contributed by atoms with Crippen LogP contribution in [0.1, 0.15) is 29.0 Å². The van der Waals surface area contributed by atoms with Crippen LogP contribution in [-0.4, -0.2) is 57.7 Å². The zero-order valence-electron chi connectivity index (χ0n) is 17.6. The Morgan fingerprint density at radius 3 is 2.45 bits per heavy atom. The topological polar surface area (TPSA) is 91.8 Å². The molecule has 2 aromatic heterocycles. The molecule has 1 fully saturated rings. The highest BCUT2D eigenvalue weighted by Gasteiger charge is 2.08. The van der Waals surface area contributed by atoms with Gasteiger partial charge >= 0.3 is 0 Å². The first-order chi connectivity index (χ1) is 14.0. The Morgan fingerprint density at radius 2 is 1.97 bits per heavy atom. The highest BCUT2D eigenvalue weighted by molar-refractivity contribution is 7.84. The number of nitrogens with one attached hydrogen (secondary N) is 3. The molecule has 1 saturated heterocycles. The average Bonchev–Trinajstić information content (AvgIpc) is 3.35. The first-order valence-corrected chi connectivity index (χ1v) is 11.2. The minimum Gasteiger partial charge on any atom is -0.346 e. The van der Waals surface area contributed by atoms with E-state index < -0.39 is 10.8 Å². The van der Waals surface area contributed by atoms with Crippen LogP contribution in [0.2, 0.25) is 0 Å². The van der Waals surface area contributed by atoms with Gasteiger partial charge in [0.05, 0.1) is 17.4 Å². The van der Waals surface area contributed by atoms with Crippen LogP contribution in [0.15, 0.2) is 41.4 Å². The zero-order chi connectivity index (χ0) is 21.2. The SMILES string of the molecule is CNC1CCNCC1.CS(=O)c1ccc2[nH]ncc2c1.Cc1ccc(C=O)n1C. The molecule has 1 atom stereocenters. The fraction of sp³-hybridized carbons (Fsp3) is 0.429. The van der Waals surface area contributed by atoms with Crippen molar-refractivity contribution in [1.82, 2.24) is 25.4 Å². The quantitative estimate of drug-likeness (QED) is 0.569. The number of rotatable bonds is 3. The van der Waals surface area contributed by atoms with Crippen molar-refractivity contribution < 1.29 is 9.00 Å². The summed E-state index contributed by atoms with van der Waals surface area (Å²) in [6.45, 7) is 4.34. The van der Waals surface area contributed by atoms with Gasteiger partial charge in [-0.15, -0.1) is 0 Å². The zero-order valence-corrected chi connectivity index (χ0v) is 18.4. The average molecular weight is 418 g/mol. The fourth-order valence-electron chi connectivity index (χ4n) is 2.96. The number of benzene rings is 1. The third kappa shape index (κ3) is 6.92. The summed E-state index contributed by atoms with van der Waals surface area (Å²) in [5.41, 5.74) is 2.81. The van der Waals surface area contributed by atoms with Crippen LogP contribution in [0, 0.1) is 6.92 Å². The molecule has 8 heteroatoms. The Bertz CT molecular complexity index is 928. The molecule has 0 bridgehead atoms. The van der Waals surface area contributed by atoms with E-state index in [0.29, 0.717) is 0 Å². The minimum atomic E-state index is -0.911. The number of nitrogens with zero attached hydrogens (tertiary/aromatic N) is 2. The minimum absolute atomic E-state index is 0.729. The van der Waals surface area contributed by atoms with Gasteiger partial charge < -0.3 is 15.2 Å². The van der Waals surface area contributed by atoms with E-state index in [1.165, 1.54) is 25.9 Å². The number of hydrogen-bond donors (Lipinski definition) is 3. The van der Waals surface area contributed by atoms with Crippen molar-refractivity contribution in [2.75, 3.05) is 26.4 Å². The molecule has 7 nitrogen and oxygen atoms in total. The van der Waals surface area contributed by atoms with E-state index in [-0.39, 0.29) is 0 Å². The number of hydrogen-bond acceptors (Lipinski definition) is 5.